The van der Waals surface area contributed by atoms with Crippen LogP contribution in [0.3, 0.4) is 0 Å². The number of benzene rings is 1. The van der Waals surface area contributed by atoms with E-state index in [4.69, 9.17) is 52.1 Å². The Morgan fingerprint density at radius 1 is 0.685 bits per heavy atom. The van der Waals surface area contributed by atoms with Crippen molar-refractivity contribution in [3.05, 3.63) is 47.5 Å². The minimum Gasteiger partial charge on any atom is -0.458 e. The lowest BCUT2D eigenvalue weighted by molar-refractivity contribution is -0.346. The Bertz CT molecular complexity index is 2070. The van der Waals surface area contributed by atoms with Gasteiger partial charge in [-0.15, -0.1) is 0 Å². The molecule has 19 nitrogen and oxygen atoms in total. The fourth-order valence-electron chi connectivity index (χ4n) is 14.6. The van der Waals surface area contributed by atoms with E-state index in [9.17, 15) is 40.5 Å². The third-order valence-corrected chi connectivity index (χ3v) is 19.0. The van der Waals surface area contributed by atoms with Crippen molar-refractivity contribution in [3.8, 4) is 0 Å². The Hall–Kier alpha value is -2.25. The number of hydrogen-bond acceptors (Lipinski definition) is 19. The first-order valence-corrected chi connectivity index (χ1v) is 26.6. The molecule has 1 aromatic rings. The molecule has 25 atom stereocenters. The molecule has 0 unspecified atom stereocenters. The highest BCUT2D eigenvalue weighted by atomic mass is 16.8. The number of fused-ring (bicyclic) bond motifs is 5. The smallest absolute Gasteiger partial charge is 0.338 e. The molecule has 0 amide bonds. The third kappa shape index (κ3) is 9.69. The fourth-order valence-corrected chi connectivity index (χ4v) is 14.6. The number of ether oxygens (including phenoxy) is 11. The molecule has 8 aliphatic rings. The maximum atomic E-state index is 13.7. The Labute approximate surface area is 428 Å². The summed E-state index contributed by atoms with van der Waals surface area (Å²) in [5, 5.41) is 82.4. The van der Waals surface area contributed by atoms with E-state index in [2.05, 4.69) is 6.92 Å². The first kappa shape index (κ1) is 55.5. The highest BCUT2D eigenvalue weighted by Gasteiger charge is 2.81. The van der Waals surface area contributed by atoms with Gasteiger partial charge in [0.25, 0.3) is 0 Å². The molecule has 1 aromatic carbocycles. The molecular weight excluding hydrogens is 953 g/mol. The second-order valence-corrected chi connectivity index (χ2v) is 23.0. The van der Waals surface area contributed by atoms with Crippen LogP contribution in [0.15, 0.2) is 42.0 Å². The molecule has 0 bridgehead atoms. The molecule has 412 valence electrons. The van der Waals surface area contributed by atoms with Crippen LogP contribution in [-0.2, 0) is 52.1 Å². The van der Waals surface area contributed by atoms with E-state index in [1.54, 1.807) is 58.2 Å². The first-order valence-electron chi connectivity index (χ1n) is 26.6. The molecule has 3 saturated carbocycles. The van der Waals surface area contributed by atoms with Gasteiger partial charge < -0.3 is 87.9 Å². The quantitative estimate of drug-likeness (QED) is 0.110. The average molecular weight is 1040 g/mol. The molecule has 9 rings (SSSR count). The predicted molar refractivity (Wildman–Crippen MR) is 257 cm³/mol. The van der Waals surface area contributed by atoms with Gasteiger partial charge in [0.2, 0.25) is 0 Å². The zero-order valence-corrected chi connectivity index (χ0v) is 43.8. The summed E-state index contributed by atoms with van der Waals surface area (Å²) in [4.78, 5) is 13.7. The standard InChI is InChI=1S/C54H82O19/c1-27-45(58)37(63-8)24-43(65-27)71-47-29(3)67-42(23-36(47)57)73-48-30(4)68-44(25-38(48)64-9)72-46-28(2)66-41(22-35(46)56)69-34-16-17-50(6)33(21-34)15-18-53(61)39(50)26-40(70-49(59)32-13-11-10-12-14-32)51(7)52(60,31(5)55)19-20-54(51,53)62/h10-15,27-31,34-48,55-58,60-62H,16-26H2,1-9H3/t27-,28-,29-,30-,31+,34+,35+,36-,37-,38-,39-,40-,41+,42+,43+,44+,45-,46-,47-,48-,50+,51-,52-,53+,54-/m1/s1. The first-order chi connectivity index (χ1) is 34.5. The molecule has 4 aliphatic carbocycles. The van der Waals surface area contributed by atoms with Crippen molar-refractivity contribution in [2.45, 2.75) is 253 Å². The number of hydrogen-bond donors (Lipinski definition) is 7. The normalized spacial score (nSPS) is 50.5. The van der Waals surface area contributed by atoms with E-state index in [1.807, 2.05) is 19.9 Å². The third-order valence-electron chi connectivity index (χ3n) is 19.0. The number of carbonyl (C=O) groups is 1. The number of aliphatic hydroxyl groups excluding tert-OH is 4. The molecule has 73 heavy (non-hydrogen) atoms. The van der Waals surface area contributed by atoms with Crippen LogP contribution < -0.4 is 0 Å². The Kier molecular flexibility index (Phi) is 16.1. The van der Waals surface area contributed by atoms with Crippen molar-refractivity contribution < 1.29 is 92.6 Å². The van der Waals surface area contributed by atoms with Gasteiger partial charge in [-0.2, -0.15) is 0 Å². The zero-order valence-electron chi connectivity index (χ0n) is 43.8. The van der Waals surface area contributed by atoms with E-state index >= 15 is 0 Å². The van der Waals surface area contributed by atoms with Gasteiger partial charge >= 0.3 is 5.97 Å². The van der Waals surface area contributed by atoms with Gasteiger partial charge in [0.1, 0.15) is 47.3 Å². The minimum atomic E-state index is -1.92. The molecule has 7 N–H and O–H groups in total. The van der Waals surface area contributed by atoms with Gasteiger partial charge in [-0.1, -0.05) is 43.7 Å². The van der Waals surface area contributed by atoms with Gasteiger partial charge in [0, 0.05) is 45.8 Å². The summed E-state index contributed by atoms with van der Waals surface area (Å²) in [6.07, 6.45) is -8.70. The second-order valence-electron chi connectivity index (χ2n) is 23.0. The molecule has 19 heteroatoms. The van der Waals surface area contributed by atoms with Crippen molar-refractivity contribution in [2.24, 2.45) is 16.7 Å². The SMILES string of the molecule is CO[C@@H]1C[C@H](O[C@H]2[C@H](O)C[C@H](O[C@@H]3[C@@H](C)O[C@@H](O[C@H]4[C@@H](O)C[C@H](O[C@H]5CC[C@@]6(C)C(=CC[C@]7(O)[C@@H]6C[C@@H](OC(=O)c6ccccc6)[C@@]6(C)[C@]7(O)CC[C@@]6(O)[C@H](C)O)C5)O[C@@H]4C)C[C@H]3OC)O[C@@H]2C)O[C@H](C)[C@H]1O. The Morgan fingerprint density at radius 2 is 1.22 bits per heavy atom. The lowest BCUT2D eigenvalue weighted by atomic mass is 9.42. The van der Waals surface area contributed by atoms with E-state index < -0.39 is 150 Å². The summed E-state index contributed by atoms with van der Waals surface area (Å²) in [6.45, 7) is 12.4. The predicted octanol–water partition coefficient (Wildman–Crippen LogP) is 3.32. The number of rotatable bonds is 13. The maximum Gasteiger partial charge on any atom is 0.338 e. The topological polar surface area (TPSA) is 260 Å². The van der Waals surface area contributed by atoms with Crippen molar-refractivity contribution in [3.63, 3.8) is 0 Å². The largest absolute Gasteiger partial charge is 0.458 e. The Morgan fingerprint density at radius 3 is 1.79 bits per heavy atom. The van der Waals surface area contributed by atoms with Crippen LogP contribution in [-0.4, -0.2) is 189 Å². The van der Waals surface area contributed by atoms with Crippen molar-refractivity contribution in [1.29, 1.82) is 0 Å². The van der Waals surface area contributed by atoms with Gasteiger partial charge in [0.05, 0.1) is 72.0 Å². The number of carbonyl (C=O) groups excluding carboxylic acids is 1. The van der Waals surface area contributed by atoms with Gasteiger partial charge in [-0.25, -0.2) is 4.79 Å². The van der Waals surface area contributed by atoms with E-state index in [-0.39, 0.29) is 51.0 Å². The lowest BCUT2D eigenvalue weighted by Crippen LogP contribution is -2.78. The van der Waals surface area contributed by atoms with Crippen LogP contribution in [0.5, 0.6) is 0 Å². The zero-order chi connectivity index (χ0) is 52.6. The summed E-state index contributed by atoms with van der Waals surface area (Å²) in [5.41, 5.74) is -6.37. The van der Waals surface area contributed by atoms with Gasteiger partial charge in [-0.05, 0) is 97.1 Å². The monoisotopic (exact) mass is 1030 g/mol. The van der Waals surface area contributed by atoms with E-state index in [0.29, 0.717) is 31.2 Å². The molecule has 4 heterocycles. The van der Waals surface area contributed by atoms with Crippen molar-refractivity contribution in [1.82, 2.24) is 0 Å². The second kappa shape index (κ2) is 21.2. The van der Waals surface area contributed by atoms with Crippen molar-refractivity contribution >= 4 is 5.97 Å². The number of esters is 1. The molecule has 4 saturated heterocycles. The molecule has 0 aromatic heterocycles. The summed E-state index contributed by atoms with van der Waals surface area (Å²) < 4.78 is 68.0. The van der Waals surface area contributed by atoms with Crippen LogP contribution in [0, 0.1) is 16.7 Å². The van der Waals surface area contributed by atoms with E-state index in [1.165, 1.54) is 14.0 Å². The highest BCUT2D eigenvalue weighted by molar-refractivity contribution is 5.89. The summed E-state index contributed by atoms with van der Waals surface area (Å²) in [6, 6.07) is 8.54. The Balaban J connectivity index is 0.794. The molecule has 0 radical (unpaired) electrons. The summed E-state index contributed by atoms with van der Waals surface area (Å²) in [7, 11) is 3.11. The van der Waals surface area contributed by atoms with Crippen molar-refractivity contribution in [2.75, 3.05) is 14.2 Å². The number of methoxy groups -OCH3 is 2. The molecule has 7 fully saturated rings. The lowest BCUT2D eigenvalue weighted by Gasteiger charge is -2.67. The fraction of sp³-hybridized carbons (Fsp3) is 0.833. The summed E-state index contributed by atoms with van der Waals surface area (Å²) in [5.74, 6) is -1.18. The van der Waals surface area contributed by atoms with E-state index in [0.717, 1.165) is 5.57 Å². The summed E-state index contributed by atoms with van der Waals surface area (Å²) >= 11 is 0. The van der Waals surface area contributed by atoms with Crippen LogP contribution in [0.4, 0.5) is 0 Å². The maximum absolute atomic E-state index is 13.7. The minimum absolute atomic E-state index is 0.000890. The van der Waals surface area contributed by atoms with Gasteiger partial charge in [-0.3, -0.25) is 0 Å². The van der Waals surface area contributed by atoms with Crippen LogP contribution in [0.25, 0.3) is 0 Å². The highest BCUT2D eigenvalue weighted by Crippen LogP contribution is 2.71. The molecule has 4 aliphatic heterocycles. The van der Waals surface area contributed by atoms with Crippen LogP contribution >= 0.6 is 0 Å². The van der Waals surface area contributed by atoms with Gasteiger partial charge in [0.15, 0.2) is 25.2 Å². The van der Waals surface area contributed by atoms with Crippen LogP contribution in [0.1, 0.15) is 129 Å². The molecular formula is C54H82O19. The number of aliphatic hydroxyl groups is 7. The van der Waals surface area contributed by atoms with Crippen LogP contribution in [0.2, 0.25) is 0 Å². The average Bonchev–Trinajstić information content (AvgIpc) is 3.58. The molecule has 0 spiro atoms.